The third-order valence-electron chi connectivity index (χ3n) is 7.62. The third-order valence-corrected chi connectivity index (χ3v) is 8.87. The second-order valence-electron chi connectivity index (χ2n) is 10.3. The van der Waals surface area contributed by atoms with E-state index >= 15 is 0 Å². The van der Waals surface area contributed by atoms with Crippen LogP contribution < -0.4 is 10.1 Å². The van der Waals surface area contributed by atoms with Gasteiger partial charge in [-0.15, -0.1) is 10.2 Å². The van der Waals surface area contributed by atoms with Gasteiger partial charge in [-0.2, -0.15) is 0 Å². The number of hydrogen-bond donors (Lipinski definition) is 1. The number of hydrogen-bond acceptors (Lipinski definition) is 5. The Morgan fingerprint density at radius 3 is 2.47 bits per heavy atom. The monoisotopic (exact) mass is 472 g/mol. The zero-order valence-electron chi connectivity index (χ0n) is 18.1. The van der Waals surface area contributed by atoms with Crippen molar-refractivity contribution in [2.45, 2.75) is 74.7 Å². The Hall–Kier alpha value is -1.73. The molecule has 0 unspecified atom stereocenters. The van der Waals surface area contributed by atoms with Gasteiger partial charge in [-0.3, -0.25) is 9.36 Å². The van der Waals surface area contributed by atoms with Crippen LogP contribution in [-0.2, 0) is 11.4 Å². The molecule has 1 aromatic heterocycles. The molecule has 0 radical (unpaired) electrons. The highest BCUT2D eigenvalue weighted by molar-refractivity contribution is 7.99. The van der Waals surface area contributed by atoms with E-state index in [-0.39, 0.29) is 11.4 Å². The number of thioether (sulfide) groups is 1. The van der Waals surface area contributed by atoms with Gasteiger partial charge in [0, 0.05) is 11.6 Å². The first-order valence-electron chi connectivity index (χ1n) is 11.8. The van der Waals surface area contributed by atoms with Crippen molar-refractivity contribution in [2.75, 3.05) is 5.75 Å². The van der Waals surface area contributed by atoms with Crippen LogP contribution in [-0.4, -0.2) is 32.0 Å². The predicted octanol–water partition coefficient (Wildman–Crippen LogP) is 5.02. The Morgan fingerprint density at radius 2 is 1.81 bits per heavy atom. The fourth-order valence-corrected chi connectivity index (χ4v) is 7.65. The molecule has 5 saturated carbocycles. The van der Waals surface area contributed by atoms with Gasteiger partial charge in [-0.1, -0.05) is 35.5 Å². The molecule has 1 aromatic carbocycles. The molecule has 32 heavy (non-hydrogen) atoms. The molecule has 2 aromatic rings. The van der Waals surface area contributed by atoms with Crippen LogP contribution in [0.3, 0.4) is 0 Å². The van der Waals surface area contributed by atoms with E-state index in [1.165, 1.54) is 50.3 Å². The van der Waals surface area contributed by atoms with Crippen molar-refractivity contribution < 1.29 is 9.53 Å². The second kappa shape index (κ2) is 8.24. The highest BCUT2D eigenvalue weighted by Gasteiger charge is 2.51. The fourth-order valence-electron chi connectivity index (χ4n) is 6.63. The molecule has 8 heteroatoms. The number of benzene rings is 1. The number of carbonyl (C=O) groups excluding carboxylic acids is 1. The van der Waals surface area contributed by atoms with Gasteiger partial charge < -0.3 is 10.1 Å². The number of carbonyl (C=O) groups is 1. The van der Waals surface area contributed by atoms with E-state index in [1.54, 1.807) is 0 Å². The molecule has 4 bridgehead atoms. The maximum Gasteiger partial charge on any atom is 0.230 e. The minimum atomic E-state index is 0.0600. The molecule has 7 rings (SSSR count). The molecule has 0 atom stereocenters. The zero-order chi connectivity index (χ0) is 21.7. The summed E-state index contributed by atoms with van der Waals surface area (Å²) in [5.41, 5.74) is 0.0600. The lowest BCUT2D eigenvalue weighted by atomic mass is 9.53. The van der Waals surface area contributed by atoms with Crippen LogP contribution in [0, 0.1) is 17.8 Å². The van der Waals surface area contributed by atoms with Crippen molar-refractivity contribution in [3.05, 3.63) is 35.1 Å². The van der Waals surface area contributed by atoms with Gasteiger partial charge in [0.25, 0.3) is 0 Å². The van der Waals surface area contributed by atoms with Crippen molar-refractivity contribution in [3.8, 4) is 5.75 Å². The first-order chi connectivity index (χ1) is 15.6. The number of aromatic nitrogens is 3. The molecular weight excluding hydrogens is 444 g/mol. The number of rotatable bonds is 8. The largest absolute Gasteiger partial charge is 0.484 e. The molecule has 1 N–H and O–H groups in total. The summed E-state index contributed by atoms with van der Waals surface area (Å²) in [4.78, 5) is 12.9. The summed E-state index contributed by atoms with van der Waals surface area (Å²) >= 11 is 7.70. The highest BCUT2D eigenvalue weighted by atomic mass is 35.5. The van der Waals surface area contributed by atoms with Crippen LogP contribution in [0.5, 0.6) is 5.75 Å². The molecule has 6 nitrogen and oxygen atoms in total. The van der Waals surface area contributed by atoms with Gasteiger partial charge in [0.05, 0.1) is 10.8 Å². The molecule has 0 saturated heterocycles. The van der Waals surface area contributed by atoms with Crippen molar-refractivity contribution in [1.29, 1.82) is 0 Å². The topological polar surface area (TPSA) is 69.0 Å². The van der Waals surface area contributed by atoms with E-state index in [9.17, 15) is 4.79 Å². The summed E-state index contributed by atoms with van der Waals surface area (Å²) in [6, 6.07) is 7.85. The molecule has 1 amide bonds. The Kier molecular flexibility index (Phi) is 5.37. The van der Waals surface area contributed by atoms with Crippen molar-refractivity contribution in [2.24, 2.45) is 17.8 Å². The summed E-state index contributed by atoms with van der Waals surface area (Å²) in [6.45, 7) is 0.313. The van der Waals surface area contributed by atoms with E-state index in [0.29, 0.717) is 29.2 Å². The van der Waals surface area contributed by atoms with Gasteiger partial charge in [-0.05, 0) is 81.3 Å². The van der Waals surface area contributed by atoms with Crippen LogP contribution in [0.2, 0.25) is 5.02 Å². The number of para-hydroxylation sites is 1. The van der Waals surface area contributed by atoms with Gasteiger partial charge in [-0.25, -0.2) is 0 Å². The Balaban J connectivity index is 1.09. The lowest BCUT2D eigenvalue weighted by Gasteiger charge is -2.56. The second-order valence-corrected chi connectivity index (χ2v) is 11.6. The van der Waals surface area contributed by atoms with Gasteiger partial charge in [0.2, 0.25) is 5.91 Å². The van der Waals surface area contributed by atoms with Crippen LogP contribution >= 0.6 is 23.4 Å². The number of halogens is 1. The molecule has 1 heterocycles. The van der Waals surface area contributed by atoms with Crippen molar-refractivity contribution >= 4 is 29.3 Å². The van der Waals surface area contributed by atoms with Crippen molar-refractivity contribution in [3.63, 3.8) is 0 Å². The molecule has 5 aliphatic rings. The summed E-state index contributed by atoms with van der Waals surface area (Å²) < 4.78 is 8.05. The average Bonchev–Trinajstić information content (AvgIpc) is 3.50. The van der Waals surface area contributed by atoms with Crippen LogP contribution in [0.25, 0.3) is 0 Å². The van der Waals surface area contributed by atoms with Crippen LogP contribution in [0.4, 0.5) is 0 Å². The minimum Gasteiger partial charge on any atom is -0.484 e. The average molecular weight is 473 g/mol. The van der Waals surface area contributed by atoms with Crippen LogP contribution in [0.1, 0.15) is 63.2 Å². The lowest BCUT2D eigenvalue weighted by molar-refractivity contribution is -0.124. The predicted molar refractivity (Wildman–Crippen MR) is 124 cm³/mol. The SMILES string of the molecule is O=C(CSc1nnc(COc2ccccc2Cl)n1C1CC1)NC12CC3CC(CC(C3)C1)C2. The van der Waals surface area contributed by atoms with Gasteiger partial charge in [0.15, 0.2) is 11.0 Å². The molecule has 170 valence electrons. The third kappa shape index (κ3) is 4.14. The summed E-state index contributed by atoms with van der Waals surface area (Å²) in [6.07, 6.45) is 9.91. The van der Waals surface area contributed by atoms with E-state index in [4.69, 9.17) is 16.3 Å². The first kappa shape index (κ1) is 20.8. The van der Waals surface area contributed by atoms with Crippen molar-refractivity contribution in [1.82, 2.24) is 20.1 Å². The van der Waals surface area contributed by atoms with E-state index in [1.807, 2.05) is 24.3 Å². The zero-order valence-corrected chi connectivity index (χ0v) is 19.7. The Bertz CT molecular complexity index is 986. The summed E-state index contributed by atoms with van der Waals surface area (Å²) in [7, 11) is 0. The van der Waals surface area contributed by atoms with Gasteiger partial charge in [0.1, 0.15) is 12.4 Å². The number of amides is 1. The maximum absolute atomic E-state index is 12.9. The standard InChI is InChI=1S/C24H29ClN4O2S/c25-19-3-1-2-4-20(19)31-13-21-27-28-23(29(21)18-5-6-18)32-14-22(30)26-24-10-15-7-16(11-24)9-17(8-15)12-24/h1-4,15-18H,5-14H2,(H,26,30). The smallest absolute Gasteiger partial charge is 0.230 e. The molecule has 5 aliphatic carbocycles. The molecular formula is C24H29ClN4O2S. The molecule has 0 aliphatic heterocycles. The van der Waals surface area contributed by atoms with E-state index in [0.717, 1.165) is 41.6 Å². The summed E-state index contributed by atoms with van der Waals surface area (Å²) in [5.74, 6) is 4.43. The Morgan fingerprint density at radius 1 is 1.12 bits per heavy atom. The quantitative estimate of drug-likeness (QED) is 0.546. The molecule has 5 fully saturated rings. The fraction of sp³-hybridized carbons (Fsp3) is 0.625. The van der Waals surface area contributed by atoms with Crippen LogP contribution in [0.15, 0.2) is 29.4 Å². The lowest BCUT2D eigenvalue weighted by Crippen LogP contribution is -2.60. The number of nitrogens with one attached hydrogen (secondary N) is 1. The minimum absolute atomic E-state index is 0.0600. The van der Waals surface area contributed by atoms with E-state index in [2.05, 4.69) is 20.1 Å². The van der Waals surface area contributed by atoms with E-state index < -0.39 is 0 Å². The summed E-state index contributed by atoms with van der Waals surface area (Å²) in [5, 5.41) is 13.6. The normalized spacial score (nSPS) is 30.5. The molecule has 0 spiro atoms. The van der Waals surface area contributed by atoms with Gasteiger partial charge >= 0.3 is 0 Å². The highest BCUT2D eigenvalue weighted by Crippen LogP contribution is 2.55. The Labute approximate surface area is 197 Å². The number of ether oxygens (including phenoxy) is 1. The maximum atomic E-state index is 12.9. The number of nitrogens with zero attached hydrogens (tertiary/aromatic N) is 3. The first-order valence-corrected chi connectivity index (χ1v) is 13.2.